The monoisotopic (exact) mass is 315 g/mol. The van der Waals surface area contributed by atoms with E-state index in [1.54, 1.807) is 0 Å². The van der Waals surface area contributed by atoms with Gasteiger partial charge in [0.2, 0.25) is 5.89 Å². The Labute approximate surface area is 137 Å². The van der Waals surface area contributed by atoms with E-state index in [9.17, 15) is 0 Å². The molecule has 2 aromatic heterocycles. The summed E-state index contributed by atoms with van der Waals surface area (Å²) in [5.41, 5.74) is 1.14. The van der Waals surface area contributed by atoms with E-state index in [2.05, 4.69) is 31.4 Å². The molecule has 1 saturated heterocycles. The first-order chi connectivity index (χ1) is 11.3. The second-order valence-corrected chi connectivity index (χ2v) is 6.06. The fourth-order valence-electron chi connectivity index (χ4n) is 3.01. The first-order valence-corrected chi connectivity index (χ1v) is 8.50. The van der Waals surface area contributed by atoms with Crippen molar-refractivity contribution in [1.82, 2.24) is 25.3 Å². The van der Waals surface area contributed by atoms with E-state index in [0.717, 1.165) is 56.4 Å². The molecule has 1 N–H and O–H groups in total. The fraction of sp³-hybridized carbons (Fsp3) is 0.588. The molecule has 6 nitrogen and oxygen atoms in total. The lowest BCUT2D eigenvalue weighted by atomic mass is 10.1. The topological polar surface area (TPSA) is 67.1 Å². The van der Waals surface area contributed by atoms with Gasteiger partial charge in [-0.1, -0.05) is 18.1 Å². The molecule has 0 aromatic carbocycles. The molecule has 0 spiro atoms. The number of aromatic nitrogens is 3. The van der Waals surface area contributed by atoms with Crippen LogP contribution in [0.25, 0.3) is 0 Å². The summed E-state index contributed by atoms with van der Waals surface area (Å²) in [4.78, 5) is 11.2. The van der Waals surface area contributed by atoms with Crippen LogP contribution >= 0.6 is 0 Å². The van der Waals surface area contributed by atoms with Gasteiger partial charge < -0.3 is 9.84 Å². The molecule has 1 fully saturated rings. The van der Waals surface area contributed by atoms with Crippen molar-refractivity contribution >= 4 is 0 Å². The molecule has 1 aliphatic rings. The van der Waals surface area contributed by atoms with E-state index in [0.29, 0.717) is 6.04 Å². The van der Waals surface area contributed by atoms with Gasteiger partial charge in [0.05, 0.1) is 6.54 Å². The molecule has 124 valence electrons. The molecule has 1 aliphatic heterocycles. The van der Waals surface area contributed by atoms with Crippen LogP contribution in [0.2, 0.25) is 0 Å². The van der Waals surface area contributed by atoms with Gasteiger partial charge in [0.1, 0.15) is 0 Å². The lowest BCUT2D eigenvalue weighted by molar-refractivity contribution is 0.178. The van der Waals surface area contributed by atoms with Crippen molar-refractivity contribution in [2.75, 3.05) is 19.6 Å². The minimum absolute atomic E-state index is 0.532. The third-order valence-corrected chi connectivity index (χ3v) is 4.22. The second-order valence-electron chi connectivity index (χ2n) is 6.06. The normalized spacial score (nSPS) is 19.1. The van der Waals surface area contributed by atoms with E-state index in [4.69, 9.17) is 4.52 Å². The SMILES string of the molecule is CCc1nc(CN2CCCC(NCCc3ccccn3)C2)no1. The summed E-state index contributed by atoms with van der Waals surface area (Å²) in [6, 6.07) is 6.61. The predicted octanol–water partition coefficient (Wildman–Crippen LogP) is 1.82. The predicted molar refractivity (Wildman–Crippen MR) is 87.9 cm³/mol. The van der Waals surface area contributed by atoms with Gasteiger partial charge in [-0.2, -0.15) is 4.98 Å². The Hall–Kier alpha value is -1.79. The third kappa shape index (κ3) is 4.84. The minimum atomic E-state index is 0.532. The lowest BCUT2D eigenvalue weighted by Crippen LogP contribution is -2.45. The van der Waals surface area contributed by atoms with Gasteiger partial charge in [-0.25, -0.2) is 0 Å². The highest BCUT2D eigenvalue weighted by molar-refractivity contribution is 5.03. The molecule has 2 aromatic rings. The average molecular weight is 315 g/mol. The number of piperidine rings is 1. The summed E-state index contributed by atoms with van der Waals surface area (Å²) in [5, 5.41) is 7.71. The van der Waals surface area contributed by atoms with Crippen molar-refractivity contribution in [2.24, 2.45) is 0 Å². The number of hydrogen-bond donors (Lipinski definition) is 1. The molecule has 0 amide bonds. The van der Waals surface area contributed by atoms with Gasteiger partial charge in [0.25, 0.3) is 0 Å². The molecule has 6 heteroatoms. The zero-order valence-electron chi connectivity index (χ0n) is 13.7. The second kappa shape index (κ2) is 8.17. The van der Waals surface area contributed by atoms with E-state index in [-0.39, 0.29) is 0 Å². The van der Waals surface area contributed by atoms with Crippen LogP contribution in [-0.2, 0) is 19.4 Å². The Morgan fingerprint density at radius 1 is 1.39 bits per heavy atom. The van der Waals surface area contributed by atoms with Gasteiger partial charge in [0, 0.05) is 43.9 Å². The van der Waals surface area contributed by atoms with Crippen LogP contribution in [-0.4, -0.2) is 45.7 Å². The Balaban J connectivity index is 1.42. The smallest absolute Gasteiger partial charge is 0.226 e. The highest BCUT2D eigenvalue weighted by Crippen LogP contribution is 2.13. The molecule has 0 radical (unpaired) electrons. The molecule has 23 heavy (non-hydrogen) atoms. The van der Waals surface area contributed by atoms with Gasteiger partial charge in [-0.15, -0.1) is 0 Å². The molecule has 3 rings (SSSR count). The number of rotatable bonds is 7. The summed E-state index contributed by atoms with van der Waals surface area (Å²) in [7, 11) is 0. The van der Waals surface area contributed by atoms with Crippen LogP contribution in [0.4, 0.5) is 0 Å². The number of nitrogens with one attached hydrogen (secondary N) is 1. The molecule has 0 saturated carbocycles. The number of likely N-dealkylation sites (tertiary alicyclic amines) is 1. The number of nitrogens with zero attached hydrogens (tertiary/aromatic N) is 4. The molecule has 0 aliphatic carbocycles. The largest absolute Gasteiger partial charge is 0.339 e. The summed E-state index contributed by atoms with van der Waals surface area (Å²) in [5.74, 6) is 1.53. The maximum atomic E-state index is 5.19. The Kier molecular flexibility index (Phi) is 5.71. The first kappa shape index (κ1) is 16.1. The van der Waals surface area contributed by atoms with Crippen LogP contribution in [0.3, 0.4) is 0 Å². The van der Waals surface area contributed by atoms with E-state index < -0.39 is 0 Å². The molecular formula is C17H25N5O. The van der Waals surface area contributed by atoms with Gasteiger partial charge >= 0.3 is 0 Å². The Morgan fingerprint density at radius 2 is 2.35 bits per heavy atom. The van der Waals surface area contributed by atoms with Crippen LogP contribution in [0.1, 0.15) is 37.2 Å². The van der Waals surface area contributed by atoms with Crippen LogP contribution in [0.15, 0.2) is 28.9 Å². The Bertz CT molecular complexity index is 586. The van der Waals surface area contributed by atoms with Crippen LogP contribution < -0.4 is 5.32 Å². The van der Waals surface area contributed by atoms with Crippen molar-refractivity contribution < 1.29 is 4.52 Å². The number of aryl methyl sites for hydroxylation is 1. The van der Waals surface area contributed by atoms with E-state index >= 15 is 0 Å². The molecular weight excluding hydrogens is 290 g/mol. The Morgan fingerprint density at radius 3 is 3.13 bits per heavy atom. The molecule has 0 bridgehead atoms. The first-order valence-electron chi connectivity index (χ1n) is 8.50. The molecule has 3 heterocycles. The highest BCUT2D eigenvalue weighted by Gasteiger charge is 2.20. The standard InChI is InChI=1S/C17H25N5O/c1-2-17-20-16(21-23-17)13-22-11-5-7-15(12-22)19-10-8-14-6-3-4-9-18-14/h3-4,6,9,15,19H,2,5,7-8,10-13H2,1H3. The number of hydrogen-bond acceptors (Lipinski definition) is 6. The zero-order chi connectivity index (χ0) is 15.9. The van der Waals surface area contributed by atoms with Crippen molar-refractivity contribution in [3.63, 3.8) is 0 Å². The van der Waals surface area contributed by atoms with Gasteiger partial charge in [0.15, 0.2) is 5.82 Å². The van der Waals surface area contributed by atoms with Crippen molar-refractivity contribution in [2.45, 2.75) is 45.2 Å². The third-order valence-electron chi connectivity index (χ3n) is 4.22. The van der Waals surface area contributed by atoms with Crippen molar-refractivity contribution in [3.05, 3.63) is 41.8 Å². The van der Waals surface area contributed by atoms with Crippen LogP contribution in [0.5, 0.6) is 0 Å². The highest BCUT2D eigenvalue weighted by atomic mass is 16.5. The van der Waals surface area contributed by atoms with Crippen molar-refractivity contribution in [3.8, 4) is 0 Å². The lowest BCUT2D eigenvalue weighted by Gasteiger charge is -2.32. The fourth-order valence-corrected chi connectivity index (χ4v) is 3.01. The van der Waals surface area contributed by atoms with E-state index in [1.165, 1.54) is 12.8 Å². The van der Waals surface area contributed by atoms with Crippen LogP contribution in [0, 0.1) is 0 Å². The maximum absolute atomic E-state index is 5.19. The average Bonchev–Trinajstić information content (AvgIpc) is 3.04. The zero-order valence-corrected chi connectivity index (χ0v) is 13.7. The minimum Gasteiger partial charge on any atom is -0.339 e. The van der Waals surface area contributed by atoms with Gasteiger partial charge in [-0.05, 0) is 31.5 Å². The molecule has 1 atom stereocenters. The van der Waals surface area contributed by atoms with Crippen molar-refractivity contribution in [1.29, 1.82) is 0 Å². The molecule has 1 unspecified atom stereocenters. The van der Waals surface area contributed by atoms with E-state index in [1.807, 2.05) is 25.3 Å². The summed E-state index contributed by atoms with van der Waals surface area (Å²) in [6.45, 7) is 5.92. The summed E-state index contributed by atoms with van der Waals surface area (Å²) < 4.78 is 5.19. The summed E-state index contributed by atoms with van der Waals surface area (Å²) in [6.07, 6.45) is 6.06. The van der Waals surface area contributed by atoms with Gasteiger partial charge in [-0.3, -0.25) is 9.88 Å². The summed E-state index contributed by atoms with van der Waals surface area (Å²) >= 11 is 0. The maximum Gasteiger partial charge on any atom is 0.226 e. The number of pyridine rings is 1. The quantitative estimate of drug-likeness (QED) is 0.841.